The normalized spacial score (nSPS) is 10.4. The minimum atomic E-state index is -0.403. The summed E-state index contributed by atoms with van der Waals surface area (Å²) in [5.41, 5.74) is 4.15. The summed E-state index contributed by atoms with van der Waals surface area (Å²) in [7, 11) is 1.96. The van der Waals surface area contributed by atoms with Crippen molar-refractivity contribution in [3.05, 3.63) is 69.3 Å². The third kappa shape index (κ3) is 3.73. The maximum Gasteiger partial charge on any atom is 0.269 e. The van der Waals surface area contributed by atoms with Gasteiger partial charge in [-0.25, -0.2) is 0 Å². The van der Waals surface area contributed by atoms with Crippen molar-refractivity contribution in [3.63, 3.8) is 0 Å². The summed E-state index contributed by atoms with van der Waals surface area (Å²) in [6.07, 6.45) is 0. The van der Waals surface area contributed by atoms with E-state index in [1.807, 2.05) is 11.9 Å². The van der Waals surface area contributed by atoms with E-state index < -0.39 is 4.92 Å². The van der Waals surface area contributed by atoms with Gasteiger partial charge >= 0.3 is 0 Å². The summed E-state index contributed by atoms with van der Waals surface area (Å²) in [6.45, 7) is 2.78. The van der Waals surface area contributed by atoms with Gasteiger partial charge in [0.15, 0.2) is 0 Å². The van der Waals surface area contributed by atoms with Crippen LogP contribution >= 0.6 is 11.6 Å². The predicted octanol–water partition coefficient (Wildman–Crippen LogP) is 4.28. The van der Waals surface area contributed by atoms with E-state index in [9.17, 15) is 10.1 Å². The number of nitro benzene ring substituents is 1. The number of anilines is 1. The fraction of sp³-hybridized carbons (Fsp3) is 0.250. The van der Waals surface area contributed by atoms with Gasteiger partial charge in [-0.05, 0) is 24.1 Å². The number of benzene rings is 2. The summed E-state index contributed by atoms with van der Waals surface area (Å²) >= 11 is 5.93. The number of halogens is 1. The van der Waals surface area contributed by atoms with Gasteiger partial charge in [0.2, 0.25) is 0 Å². The zero-order valence-electron chi connectivity index (χ0n) is 12.0. The largest absolute Gasteiger partial charge is 0.370 e. The Kier molecular flexibility index (Phi) is 4.81. The van der Waals surface area contributed by atoms with Crippen LogP contribution < -0.4 is 4.90 Å². The highest BCUT2D eigenvalue weighted by Crippen LogP contribution is 2.27. The molecule has 0 amide bonds. The Hall–Kier alpha value is -2.07. The lowest BCUT2D eigenvalue weighted by molar-refractivity contribution is -0.384. The molecule has 0 fully saturated rings. The molecule has 2 aromatic rings. The lowest BCUT2D eigenvalue weighted by atomic mass is 10.1. The molecule has 5 heteroatoms. The average molecular weight is 305 g/mol. The number of hydrogen-bond donors (Lipinski definition) is 0. The quantitative estimate of drug-likeness (QED) is 0.470. The highest BCUT2D eigenvalue weighted by atomic mass is 35.5. The van der Waals surface area contributed by atoms with Gasteiger partial charge in [0, 0.05) is 37.3 Å². The van der Waals surface area contributed by atoms with Crippen LogP contribution in [0.1, 0.15) is 16.7 Å². The molecule has 0 heterocycles. The maximum absolute atomic E-state index is 10.8. The highest BCUT2D eigenvalue weighted by Gasteiger charge is 2.13. The minimum absolute atomic E-state index is 0.0677. The van der Waals surface area contributed by atoms with Crippen LogP contribution in [0.15, 0.2) is 42.5 Å². The fourth-order valence-corrected chi connectivity index (χ4v) is 2.43. The number of aryl methyl sites for hydroxylation is 1. The molecular weight excluding hydrogens is 288 g/mol. The minimum Gasteiger partial charge on any atom is -0.370 e. The number of rotatable bonds is 5. The van der Waals surface area contributed by atoms with Gasteiger partial charge in [0.05, 0.1) is 4.92 Å². The molecule has 2 aromatic carbocycles. The molecule has 2 rings (SSSR count). The van der Waals surface area contributed by atoms with Crippen molar-refractivity contribution < 1.29 is 4.92 Å². The SMILES string of the molecule is Cc1ccc(CN(C)c2ccc([N+](=O)[O-])cc2CCl)cc1. The molecule has 0 atom stereocenters. The molecule has 0 spiro atoms. The fourth-order valence-electron chi connectivity index (χ4n) is 2.22. The van der Waals surface area contributed by atoms with E-state index in [-0.39, 0.29) is 11.6 Å². The molecule has 0 radical (unpaired) electrons. The molecule has 0 saturated carbocycles. The van der Waals surface area contributed by atoms with Gasteiger partial charge in [-0.2, -0.15) is 0 Å². The van der Waals surface area contributed by atoms with E-state index >= 15 is 0 Å². The van der Waals surface area contributed by atoms with Crippen LogP contribution in [0.25, 0.3) is 0 Å². The molecule has 0 unspecified atom stereocenters. The summed E-state index contributed by atoms with van der Waals surface area (Å²) in [5.74, 6) is 0.245. The number of alkyl halides is 1. The van der Waals surface area contributed by atoms with Crippen LogP contribution in [0.2, 0.25) is 0 Å². The molecule has 0 aliphatic carbocycles. The molecule has 110 valence electrons. The molecule has 4 nitrogen and oxygen atoms in total. The van der Waals surface area contributed by atoms with Gasteiger partial charge in [-0.3, -0.25) is 10.1 Å². The number of non-ortho nitro benzene ring substituents is 1. The smallest absolute Gasteiger partial charge is 0.269 e. The molecule has 0 aliphatic heterocycles. The topological polar surface area (TPSA) is 46.4 Å². The zero-order valence-corrected chi connectivity index (χ0v) is 12.8. The summed E-state index contributed by atoms with van der Waals surface area (Å²) in [6, 6.07) is 13.1. The van der Waals surface area contributed by atoms with E-state index in [4.69, 9.17) is 11.6 Å². The van der Waals surface area contributed by atoms with Crippen LogP contribution in [0.5, 0.6) is 0 Å². The van der Waals surface area contributed by atoms with Gasteiger partial charge in [0.1, 0.15) is 0 Å². The van der Waals surface area contributed by atoms with Gasteiger partial charge in [-0.15, -0.1) is 11.6 Å². The average Bonchev–Trinajstić information content (AvgIpc) is 2.48. The van der Waals surface area contributed by atoms with Crippen molar-refractivity contribution in [2.75, 3.05) is 11.9 Å². The molecule has 0 aromatic heterocycles. The van der Waals surface area contributed by atoms with Crippen molar-refractivity contribution in [2.45, 2.75) is 19.3 Å². The Labute approximate surface area is 129 Å². The Morgan fingerprint density at radius 1 is 1.19 bits per heavy atom. The van der Waals surface area contributed by atoms with Gasteiger partial charge < -0.3 is 4.90 Å². The van der Waals surface area contributed by atoms with Crippen LogP contribution in [-0.4, -0.2) is 12.0 Å². The Balaban J connectivity index is 2.23. The first-order chi connectivity index (χ1) is 10.0. The molecular formula is C16H17ClN2O2. The van der Waals surface area contributed by atoms with Crippen molar-refractivity contribution in [2.24, 2.45) is 0 Å². The zero-order chi connectivity index (χ0) is 15.4. The van der Waals surface area contributed by atoms with E-state index in [0.717, 1.165) is 17.8 Å². The Morgan fingerprint density at radius 3 is 2.43 bits per heavy atom. The predicted molar refractivity (Wildman–Crippen MR) is 85.9 cm³/mol. The number of nitrogens with zero attached hydrogens (tertiary/aromatic N) is 2. The third-order valence-electron chi connectivity index (χ3n) is 3.37. The monoisotopic (exact) mass is 304 g/mol. The van der Waals surface area contributed by atoms with E-state index in [1.54, 1.807) is 6.07 Å². The molecule has 0 saturated heterocycles. The first-order valence-electron chi connectivity index (χ1n) is 6.61. The Morgan fingerprint density at radius 2 is 1.86 bits per heavy atom. The van der Waals surface area contributed by atoms with Crippen molar-refractivity contribution in [3.8, 4) is 0 Å². The second-order valence-electron chi connectivity index (χ2n) is 5.05. The second-order valence-corrected chi connectivity index (χ2v) is 5.31. The summed E-state index contributed by atoms with van der Waals surface area (Å²) in [4.78, 5) is 12.5. The lowest BCUT2D eigenvalue weighted by Gasteiger charge is -2.22. The number of hydrogen-bond acceptors (Lipinski definition) is 3. The van der Waals surface area contributed by atoms with Crippen molar-refractivity contribution in [1.29, 1.82) is 0 Å². The second kappa shape index (κ2) is 6.59. The number of nitro groups is 1. The van der Waals surface area contributed by atoms with Crippen LogP contribution in [0.3, 0.4) is 0 Å². The van der Waals surface area contributed by atoms with Crippen molar-refractivity contribution >= 4 is 23.0 Å². The highest BCUT2D eigenvalue weighted by molar-refractivity contribution is 6.17. The summed E-state index contributed by atoms with van der Waals surface area (Å²) in [5, 5.41) is 10.8. The van der Waals surface area contributed by atoms with Gasteiger partial charge in [-0.1, -0.05) is 29.8 Å². The van der Waals surface area contributed by atoms with E-state index in [0.29, 0.717) is 0 Å². The molecule has 0 aliphatic rings. The molecule has 21 heavy (non-hydrogen) atoms. The van der Waals surface area contributed by atoms with Crippen LogP contribution in [0.4, 0.5) is 11.4 Å². The van der Waals surface area contributed by atoms with E-state index in [2.05, 4.69) is 31.2 Å². The van der Waals surface area contributed by atoms with Crippen LogP contribution in [0, 0.1) is 17.0 Å². The van der Waals surface area contributed by atoms with Gasteiger partial charge in [0.25, 0.3) is 5.69 Å². The van der Waals surface area contributed by atoms with E-state index in [1.165, 1.54) is 23.3 Å². The first-order valence-corrected chi connectivity index (χ1v) is 7.14. The molecule has 0 bridgehead atoms. The third-order valence-corrected chi connectivity index (χ3v) is 3.66. The first kappa shape index (κ1) is 15.3. The summed E-state index contributed by atoms with van der Waals surface area (Å²) < 4.78 is 0. The molecule has 0 N–H and O–H groups in total. The van der Waals surface area contributed by atoms with Crippen molar-refractivity contribution in [1.82, 2.24) is 0 Å². The van der Waals surface area contributed by atoms with Crippen LogP contribution in [-0.2, 0) is 12.4 Å². The maximum atomic E-state index is 10.8. The lowest BCUT2D eigenvalue weighted by Crippen LogP contribution is -2.17. The Bertz CT molecular complexity index is 641. The standard InChI is InChI=1S/C16H17ClN2O2/c1-12-3-5-13(6-4-12)11-18(2)16-8-7-15(19(20)21)9-14(16)10-17/h3-9H,10-11H2,1-2H3.